The second kappa shape index (κ2) is 16.0. The van der Waals surface area contributed by atoms with E-state index in [0.29, 0.717) is 12.3 Å². The molecule has 0 aromatic heterocycles. The molecule has 0 aromatic carbocycles. The standard InChI is InChI=1S/C40H54O3/c1-28(17-13-19-30(3)21-23-35-32(5)25-34(41)26-39(35,7)8)15-11-12-16-29(2)18-14-20-31(4)22-24-36-33(6)38(43)37(42)27-40(36,9)10/h11-25,33-36,41H,26-27H2,1-10H3/b12-11+,17-13+,18-14+,23-21?,24-22?,28-15+,29-16+,30-19+,31-20+. The number of allylic oxidation sites excluding steroid dienone is 19. The summed E-state index contributed by atoms with van der Waals surface area (Å²) in [4.78, 5) is 24.2. The molecule has 0 aromatic rings. The van der Waals surface area contributed by atoms with E-state index in [9.17, 15) is 14.7 Å². The first-order valence-electron chi connectivity index (χ1n) is 15.5. The first-order chi connectivity index (χ1) is 20.0. The van der Waals surface area contributed by atoms with Crippen molar-refractivity contribution in [3.8, 4) is 0 Å². The average molecular weight is 583 g/mol. The Morgan fingerprint density at radius 2 is 1.21 bits per heavy atom. The van der Waals surface area contributed by atoms with Crippen molar-refractivity contribution in [3.63, 3.8) is 0 Å². The molecule has 4 unspecified atom stereocenters. The van der Waals surface area contributed by atoms with E-state index in [0.717, 1.165) is 17.6 Å². The molecular weight excluding hydrogens is 528 g/mol. The van der Waals surface area contributed by atoms with Crippen LogP contribution in [0.2, 0.25) is 0 Å². The summed E-state index contributed by atoms with van der Waals surface area (Å²) in [5.41, 5.74) is 5.67. The number of carbonyl (C=O) groups is 2. The average Bonchev–Trinajstić information content (AvgIpc) is 2.88. The molecule has 0 spiro atoms. The smallest absolute Gasteiger partial charge is 0.201 e. The van der Waals surface area contributed by atoms with Crippen LogP contribution in [0.1, 0.15) is 82.1 Å². The molecule has 1 saturated carbocycles. The Bertz CT molecular complexity index is 1330. The summed E-state index contributed by atoms with van der Waals surface area (Å²) in [6, 6.07) is 0. The Morgan fingerprint density at radius 1 is 0.744 bits per heavy atom. The van der Waals surface area contributed by atoms with Gasteiger partial charge in [-0.05, 0) is 57.8 Å². The van der Waals surface area contributed by atoms with E-state index in [4.69, 9.17) is 0 Å². The molecule has 2 aliphatic rings. The van der Waals surface area contributed by atoms with Crippen LogP contribution in [0.4, 0.5) is 0 Å². The number of hydrogen-bond acceptors (Lipinski definition) is 3. The lowest BCUT2D eigenvalue weighted by atomic mass is 9.63. The molecule has 2 aliphatic carbocycles. The van der Waals surface area contributed by atoms with Crippen LogP contribution < -0.4 is 0 Å². The number of hydrogen-bond donors (Lipinski definition) is 1. The largest absolute Gasteiger partial charge is 0.389 e. The highest BCUT2D eigenvalue weighted by Crippen LogP contribution is 2.43. The van der Waals surface area contributed by atoms with Crippen LogP contribution in [-0.4, -0.2) is 22.8 Å². The second-order valence-electron chi connectivity index (χ2n) is 13.9. The van der Waals surface area contributed by atoms with Gasteiger partial charge in [-0.15, -0.1) is 0 Å². The van der Waals surface area contributed by atoms with Crippen molar-refractivity contribution in [2.75, 3.05) is 0 Å². The number of ketones is 2. The summed E-state index contributed by atoms with van der Waals surface area (Å²) < 4.78 is 0. The maximum Gasteiger partial charge on any atom is 0.201 e. The van der Waals surface area contributed by atoms with Crippen molar-refractivity contribution in [3.05, 3.63) is 119 Å². The zero-order valence-corrected chi connectivity index (χ0v) is 28.1. The quantitative estimate of drug-likeness (QED) is 0.158. The molecule has 0 heterocycles. The van der Waals surface area contributed by atoms with E-state index in [-0.39, 0.29) is 40.3 Å². The minimum absolute atomic E-state index is 0.0465. The van der Waals surface area contributed by atoms with Crippen molar-refractivity contribution in [1.82, 2.24) is 0 Å². The van der Waals surface area contributed by atoms with Gasteiger partial charge in [-0.2, -0.15) is 0 Å². The Hall–Kier alpha value is -3.30. The van der Waals surface area contributed by atoms with Crippen LogP contribution in [0.3, 0.4) is 0 Å². The molecule has 2 rings (SSSR count). The fourth-order valence-corrected chi connectivity index (χ4v) is 6.14. The summed E-state index contributed by atoms with van der Waals surface area (Å²) in [6.07, 6.45) is 32.1. The molecule has 43 heavy (non-hydrogen) atoms. The van der Waals surface area contributed by atoms with Gasteiger partial charge in [0.25, 0.3) is 0 Å². The first kappa shape index (κ1) is 35.9. The van der Waals surface area contributed by atoms with Gasteiger partial charge in [0.1, 0.15) is 0 Å². The van der Waals surface area contributed by atoms with Crippen molar-refractivity contribution >= 4 is 11.6 Å². The summed E-state index contributed by atoms with van der Waals surface area (Å²) in [7, 11) is 0. The normalized spacial score (nSPS) is 27.9. The van der Waals surface area contributed by atoms with Crippen molar-refractivity contribution in [2.45, 2.75) is 88.2 Å². The number of rotatable bonds is 10. The van der Waals surface area contributed by atoms with Gasteiger partial charge < -0.3 is 5.11 Å². The van der Waals surface area contributed by atoms with Crippen LogP contribution in [0.15, 0.2) is 119 Å². The third-order valence-corrected chi connectivity index (χ3v) is 8.65. The SMILES string of the molecule is CC1=CC(O)CC(C)(C)C1C=C/C(C)=C/C=C/C(C)=C/C=C/C=C(C)/C=C/C=C(\C)C=CC1C(C)C(=O)C(=O)CC1(C)C. The molecule has 232 valence electrons. The van der Waals surface area contributed by atoms with E-state index < -0.39 is 0 Å². The monoisotopic (exact) mass is 582 g/mol. The van der Waals surface area contributed by atoms with E-state index >= 15 is 0 Å². The van der Waals surface area contributed by atoms with Gasteiger partial charge in [-0.3, -0.25) is 9.59 Å². The maximum absolute atomic E-state index is 12.2. The highest BCUT2D eigenvalue weighted by atomic mass is 16.3. The molecule has 3 nitrogen and oxygen atoms in total. The fourth-order valence-electron chi connectivity index (χ4n) is 6.14. The van der Waals surface area contributed by atoms with Gasteiger partial charge in [-0.1, -0.05) is 154 Å². The Balaban J connectivity index is 1.90. The highest BCUT2D eigenvalue weighted by molar-refractivity contribution is 6.38. The topological polar surface area (TPSA) is 54.4 Å². The van der Waals surface area contributed by atoms with Crippen molar-refractivity contribution in [1.29, 1.82) is 0 Å². The molecule has 0 radical (unpaired) electrons. The molecule has 1 N–H and O–H groups in total. The van der Waals surface area contributed by atoms with Gasteiger partial charge in [-0.25, -0.2) is 0 Å². The van der Waals surface area contributed by atoms with E-state index in [1.54, 1.807) is 0 Å². The van der Waals surface area contributed by atoms with Crippen LogP contribution in [0.25, 0.3) is 0 Å². The summed E-state index contributed by atoms with van der Waals surface area (Å²) in [5, 5.41) is 10.1. The van der Waals surface area contributed by atoms with Gasteiger partial charge >= 0.3 is 0 Å². The zero-order valence-electron chi connectivity index (χ0n) is 28.1. The predicted molar refractivity (Wildman–Crippen MR) is 183 cm³/mol. The number of aliphatic hydroxyl groups excluding tert-OH is 1. The molecule has 0 bridgehead atoms. The van der Waals surface area contributed by atoms with Crippen molar-refractivity contribution in [2.24, 2.45) is 28.6 Å². The van der Waals surface area contributed by atoms with Crippen LogP contribution in [-0.2, 0) is 9.59 Å². The lowest BCUT2D eigenvalue weighted by Crippen LogP contribution is -2.43. The molecular formula is C40H54O3. The number of aliphatic hydroxyl groups is 1. The van der Waals surface area contributed by atoms with Crippen LogP contribution in [0, 0.1) is 28.6 Å². The van der Waals surface area contributed by atoms with Gasteiger partial charge in [0.15, 0.2) is 5.78 Å². The number of Topliss-reactive ketones (excluding diaryl/α,β-unsaturated/α-hetero) is 2. The summed E-state index contributed by atoms with van der Waals surface area (Å²) in [5.74, 6) is -0.365. The Kier molecular flexibility index (Phi) is 13.3. The Labute approximate surface area is 261 Å². The third-order valence-electron chi connectivity index (χ3n) is 8.65. The lowest BCUT2D eigenvalue weighted by molar-refractivity contribution is -0.145. The molecule has 3 heteroatoms. The van der Waals surface area contributed by atoms with E-state index in [1.165, 1.54) is 16.7 Å². The first-order valence-corrected chi connectivity index (χ1v) is 15.5. The van der Waals surface area contributed by atoms with E-state index in [2.05, 4.69) is 122 Å². The molecule has 0 amide bonds. The second-order valence-corrected chi connectivity index (χ2v) is 13.9. The summed E-state index contributed by atoms with van der Waals surface area (Å²) in [6.45, 7) is 20.9. The highest BCUT2D eigenvalue weighted by Gasteiger charge is 2.44. The van der Waals surface area contributed by atoms with E-state index in [1.807, 2.05) is 38.2 Å². The predicted octanol–water partition coefficient (Wildman–Crippen LogP) is 9.73. The molecule has 4 atom stereocenters. The molecule has 0 aliphatic heterocycles. The van der Waals surface area contributed by atoms with Crippen molar-refractivity contribution < 1.29 is 14.7 Å². The third kappa shape index (κ3) is 11.4. The maximum atomic E-state index is 12.2. The van der Waals surface area contributed by atoms with Gasteiger partial charge in [0, 0.05) is 18.3 Å². The summed E-state index contributed by atoms with van der Waals surface area (Å²) >= 11 is 0. The minimum Gasteiger partial charge on any atom is -0.389 e. The minimum atomic E-state index is -0.340. The lowest BCUT2D eigenvalue weighted by Gasteiger charge is -2.39. The Morgan fingerprint density at radius 3 is 1.72 bits per heavy atom. The number of carbonyl (C=O) groups excluding carboxylic acids is 2. The van der Waals surface area contributed by atoms with Crippen LogP contribution in [0.5, 0.6) is 0 Å². The van der Waals surface area contributed by atoms with Gasteiger partial charge in [0.2, 0.25) is 5.78 Å². The van der Waals surface area contributed by atoms with Gasteiger partial charge in [0.05, 0.1) is 6.10 Å². The van der Waals surface area contributed by atoms with Crippen LogP contribution >= 0.6 is 0 Å². The molecule has 0 saturated heterocycles. The molecule has 1 fully saturated rings. The fraction of sp³-hybridized carbons (Fsp3) is 0.450. The zero-order chi connectivity index (χ0) is 32.4.